The van der Waals surface area contributed by atoms with E-state index in [2.05, 4.69) is 14.9 Å². The Balaban J connectivity index is 1.49. The van der Waals surface area contributed by atoms with Crippen LogP contribution in [0.3, 0.4) is 0 Å². The Morgan fingerprint density at radius 2 is 1.81 bits per heavy atom. The fourth-order valence-electron chi connectivity index (χ4n) is 3.58. The maximum atomic E-state index is 12.4. The quantitative estimate of drug-likeness (QED) is 0.791. The highest BCUT2D eigenvalue weighted by molar-refractivity contribution is 5.91. The van der Waals surface area contributed by atoms with Gasteiger partial charge in [0.05, 0.1) is 5.60 Å². The van der Waals surface area contributed by atoms with Crippen molar-refractivity contribution >= 4 is 17.9 Å². The van der Waals surface area contributed by atoms with Gasteiger partial charge < -0.3 is 19.8 Å². The molecule has 1 aromatic rings. The number of aromatic nitrogens is 2. The topological polar surface area (TPSA) is 72.8 Å². The van der Waals surface area contributed by atoms with Crippen LogP contribution >= 0.6 is 0 Å². The molecule has 0 radical (unpaired) electrons. The zero-order valence-corrected chi connectivity index (χ0v) is 15.8. The summed E-state index contributed by atoms with van der Waals surface area (Å²) < 4.78 is 0. The summed E-state index contributed by atoms with van der Waals surface area (Å²) in [5, 5.41) is 10.8. The van der Waals surface area contributed by atoms with Crippen LogP contribution in [-0.2, 0) is 4.79 Å². The molecule has 7 nitrogen and oxygen atoms in total. The molecule has 2 saturated heterocycles. The normalized spacial score (nSPS) is 20.7. The number of carbonyl (C=O) groups excluding carboxylic acids is 1. The highest BCUT2D eigenvalue weighted by atomic mass is 16.3. The number of carbonyl (C=O) groups is 1. The first-order chi connectivity index (χ1) is 12.5. The van der Waals surface area contributed by atoms with Crippen LogP contribution < -0.4 is 4.90 Å². The Morgan fingerprint density at radius 1 is 1.19 bits per heavy atom. The van der Waals surface area contributed by atoms with E-state index in [1.165, 1.54) is 12.8 Å². The van der Waals surface area contributed by atoms with Crippen LogP contribution in [0.5, 0.6) is 0 Å². The molecule has 0 saturated carbocycles. The first kappa shape index (κ1) is 18.8. The van der Waals surface area contributed by atoms with E-state index in [9.17, 15) is 9.90 Å². The van der Waals surface area contributed by atoms with Crippen LogP contribution in [0.2, 0.25) is 0 Å². The van der Waals surface area contributed by atoms with Crippen molar-refractivity contribution in [2.75, 3.05) is 51.7 Å². The van der Waals surface area contributed by atoms with E-state index in [0.29, 0.717) is 31.9 Å². The van der Waals surface area contributed by atoms with Gasteiger partial charge in [-0.25, -0.2) is 9.97 Å². The third kappa shape index (κ3) is 4.80. The monoisotopic (exact) mass is 359 g/mol. The molecule has 2 aliphatic heterocycles. The largest absolute Gasteiger partial charge is 0.388 e. The molecule has 26 heavy (non-hydrogen) atoms. The fraction of sp³-hybridized carbons (Fsp3) is 0.632. The molecular formula is C19H29N5O2. The fourth-order valence-corrected chi connectivity index (χ4v) is 3.58. The molecule has 1 amide bonds. The van der Waals surface area contributed by atoms with Crippen molar-refractivity contribution in [1.82, 2.24) is 19.8 Å². The van der Waals surface area contributed by atoms with Gasteiger partial charge in [0, 0.05) is 57.8 Å². The van der Waals surface area contributed by atoms with Gasteiger partial charge in [-0.2, -0.15) is 0 Å². The second-order valence-electron chi connectivity index (χ2n) is 7.58. The number of aliphatic hydroxyl groups is 1. The summed E-state index contributed by atoms with van der Waals surface area (Å²) in [5.41, 5.74) is 0.146. The Labute approximate surface area is 155 Å². The van der Waals surface area contributed by atoms with Crippen LogP contribution in [0.25, 0.3) is 6.08 Å². The number of nitrogens with zero attached hydrogens (tertiary/aromatic N) is 5. The number of hydrogen-bond donors (Lipinski definition) is 1. The lowest BCUT2D eigenvalue weighted by molar-refractivity contribution is -0.130. The van der Waals surface area contributed by atoms with Crippen molar-refractivity contribution in [3.8, 4) is 0 Å². The third-order valence-electron chi connectivity index (χ3n) is 5.20. The third-order valence-corrected chi connectivity index (χ3v) is 5.20. The first-order valence-electron chi connectivity index (χ1n) is 9.36. The number of amides is 1. The molecule has 0 aromatic carbocycles. The summed E-state index contributed by atoms with van der Waals surface area (Å²) in [7, 11) is 3.77. The van der Waals surface area contributed by atoms with E-state index in [-0.39, 0.29) is 5.91 Å². The molecule has 0 aliphatic carbocycles. The van der Waals surface area contributed by atoms with Crippen LogP contribution in [-0.4, -0.2) is 83.2 Å². The van der Waals surface area contributed by atoms with Crippen molar-refractivity contribution < 1.29 is 9.90 Å². The molecule has 2 aliphatic rings. The highest BCUT2D eigenvalue weighted by Crippen LogP contribution is 2.25. The highest BCUT2D eigenvalue weighted by Gasteiger charge is 2.35. The number of hydrogen-bond acceptors (Lipinski definition) is 6. The number of anilines is 1. The summed E-state index contributed by atoms with van der Waals surface area (Å²) >= 11 is 0. The van der Waals surface area contributed by atoms with Crippen LogP contribution in [0.15, 0.2) is 18.5 Å². The minimum atomic E-state index is -0.652. The van der Waals surface area contributed by atoms with Crippen LogP contribution in [0.1, 0.15) is 31.2 Å². The molecule has 0 atom stereocenters. The van der Waals surface area contributed by atoms with E-state index in [1.807, 2.05) is 23.9 Å². The van der Waals surface area contributed by atoms with Gasteiger partial charge in [-0.1, -0.05) is 0 Å². The van der Waals surface area contributed by atoms with Gasteiger partial charge in [0.15, 0.2) is 0 Å². The first-order valence-corrected chi connectivity index (χ1v) is 9.36. The van der Waals surface area contributed by atoms with E-state index >= 15 is 0 Å². The molecule has 0 spiro atoms. The SMILES string of the molecule is CN(C)c1ncc(/C=C/C(=O)N2CCC(O)(CN3CCCC3)CC2)cn1. The minimum Gasteiger partial charge on any atom is -0.388 e. The van der Waals surface area contributed by atoms with Gasteiger partial charge in [0.1, 0.15) is 0 Å². The van der Waals surface area contributed by atoms with Crippen molar-refractivity contribution in [3.63, 3.8) is 0 Å². The van der Waals surface area contributed by atoms with Crippen molar-refractivity contribution in [2.24, 2.45) is 0 Å². The molecule has 3 rings (SSSR count). The van der Waals surface area contributed by atoms with E-state index in [4.69, 9.17) is 0 Å². The second-order valence-corrected chi connectivity index (χ2v) is 7.58. The molecule has 2 fully saturated rings. The molecule has 0 unspecified atom stereocenters. The van der Waals surface area contributed by atoms with Gasteiger partial charge in [0.2, 0.25) is 11.9 Å². The maximum Gasteiger partial charge on any atom is 0.246 e. The molecule has 0 bridgehead atoms. The molecule has 3 heterocycles. The molecular weight excluding hydrogens is 330 g/mol. The summed E-state index contributed by atoms with van der Waals surface area (Å²) in [6, 6.07) is 0. The van der Waals surface area contributed by atoms with E-state index in [0.717, 1.165) is 25.2 Å². The van der Waals surface area contributed by atoms with E-state index in [1.54, 1.807) is 24.5 Å². The number of β-amino-alcohol motifs (C(OH)–C–C–N with tert-alkyl or cyclic N) is 1. The number of likely N-dealkylation sites (tertiary alicyclic amines) is 2. The van der Waals surface area contributed by atoms with Crippen molar-refractivity contribution in [1.29, 1.82) is 0 Å². The summed E-state index contributed by atoms with van der Waals surface area (Å²) in [6.07, 6.45) is 10.5. The average Bonchev–Trinajstić information content (AvgIpc) is 3.13. The lowest BCUT2D eigenvalue weighted by Crippen LogP contribution is -2.51. The lowest BCUT2D eigenvalue weighted by Gasteiger charge is -2.39. The Morgan fingerprint density at radius 3 is 2.38 bits per heavy atom. The summed E-state index contributed by atoms with van der Waals surface area (Å²) in [5.74, 6) is 0.617. The van der Waals surface area contributed by atoms with Crippen molar-refractivity contribution in [2.45, 2.75) is 31.3 Å². The number of rotatable bonds is 5. The maximum absolute atomic E-state index is 12.4. The van der Waals surface area contributed by atoms with Gasteiger partial charge in [-0.05, 0) is 44.8 Å². The standard InChI is InChI=1S/C19H29N5O2/c1-22(2)18-20-13-16(14-21-18)5-6-17(25)24-11-7-19(26,8-12-24)15-23-9-3-4-10-23/h5-6,13-14,26H,3-4,7-12,15H2,1-2H3/b6-5+. The lowest BCUT2D eigenvalue weighted by atomic mass is 9.90. The minimum absolute atomic E-state index is 0.0232. The molecule has 7 heteroatoms. The van der Waals surface area contributed by atoms with Gasteiger partial charge in [-0.15, -0.1) is 0 Å². The van der Waals surface area contributed by atoms with Gasteiger partial charge >= 0.3 is 0 Å². The van der Waals surface area contributed by atoms with Gasteiger partial charge in [-0.3, -0.25) is 4.79 Å². The van der Waals surface area contributed by atoms with Crippen molar-refractivity contribution in [3.05, 3.63) is 24.0 Å². The Hall–Kier alpha value is -1.99. The predicted octanol–water partition coefficient (Wildman–Crippen LogP) is 1.01. The molecule has 142 valence electrons. The Kier molecular flexibility index (Phi) is 5.88. The average molecular weight is 359 g/mol. The van der Waals surface area contributed by atoms with E-state index < -0.39 is 5.60 Å². The summed E-state index contributed by atoms with van der Waals surface area (Å²) in [6.45, 7) is 4.11. The number of piperidine rings is 1. The predicted molar refractivity (Wildman–Crippen MR) is 102 cm³/mol. The zero-order valence-electron chi connectivity index (χ0n) is 15.8. The van der Waals surface area contributed by atoms with Crippen LogP contribution in [0, 0.1) is 0 Å². The second kappa shape index (κ2) is 8.14. The molecule has 1 N–H and O–H groups in total. The summed E-state index contributed by atoms with van der Waals surface area (Å²) in [4.78, 5) is 26.9. The molecule has 1 aromatic heterocycles. The van der Waals surface area contributed by atoms with Crippen LogP contribution in [0.4, 0.5) is 5.95 Å². The van der Waals surface area contributed by atoms with Gasteiger partial charge in [0.25, 0.3) is 0 Å². The zero-order chi connectivity index (χ0) is 18.6. The smallest absolute Gasteiger partial charge is 0.246 e. The Bertz CT molecular complexity index is 630.